The highest BCUT2D eigenvalue weighted by atomic mass is 79.9. The molecule has 0 aliphatic carbocycles. The molecule has 0 aromatic heterocycles. The van der Waals surface area contributed by atoms with Crippen molar-refractivity contribution >= 4 is 27.9 Å². The molecule has 1 unspecified atom stereocenters. The van der Waals surface area contributed by atoms with Crippen molar-refractivity contribution in [3.8, 4) is 0 Å². The predicted molar refractivity (Wildman–Crippen MR) is 46.4 cm³/mol. The first-order chi connectivity index (χ1) is 5.27. The summed E-state index contributed by atoms with van der Waals surface area (Å²) in [5, 5.41) is 17.1. The quantitative estimate of drug-likeness (QED) is 0.726. The van der Waals surface area contributed by atoms with Gasteiger partial charge in [0.25, 0.3) is 0 Å². The van der Waals surface area contributed by atoms with Crippen LogP contribution in [0.25, 0.3) is 0 Å². The normalized spacial score (nSPS) is 13.9. The molecule has 0 saturated heterocycles. The first-order valence-electron chi connectivity index (χ1n) is 3.37. The molecule has 5 heteroatoms. The summed E-state index contributed by atoms with van der Waals surface area (Å²) in [6.07, 6.45) is 0.0671. The largest absolute Gasteiger partial charge is 0.481 e. The summed E-state index contributed by atoms with van der Waals surface area (Å²) in [6, 6.07) is 0. The molecule has 0 fully saturated rings. The third kappa shape index (κ3) is 3.21. The molecule has 0 aliphatic rings. The number of aliphatic carboxylic acids is 2. The molecule has 2 N–H and O–H groups in total. The third-order valence-electron chi connectivity index (χ3n) is 1.54. The number of carbonyl (C=O) groups is 2. The van der Waals surface area contributed by atoms with Crippen LogP contribution in [0.1, 0.15) is 20.3 Å². The van der Waals surface area contributed by atoms with Crippen LogP contribution >= 0.6 is 15.9 Å². The maximum absolute atomic E-state index is 10.6. The predicted octanol–water partition coefficient (Wildman–Crippen LogP) is 1.34. The van der Waals surface area contributed by atoms with Gasteiger partial charge in [-0.25, -0.2) is 0 Å². The molecular formula is C7H11BrO4. The zero-order valence-electron chi connectivity index (χ0n) is 6.87. The van der Waals surface area contributed by atoms with Gasteiger partial charge in [0.2, 0.25) is 0 Å². The van der Waals surface area contributed by atoms with E-state index in [4.69, 9.17) is 10.2 Å². The Morgan fingerprint density at radius 1 is 1.42 bits per heavy atom. The molecule has 0 aromatic carbocycles. The van der Waals surface area contributed by atoms with Crippen molar-refractivity contribution < 1.29 is 19.8 Å². The van der Waals surface area contributed by atoms with Gasteiger partial charge >= 0.3 is 11.9 Å². The lowest BCUT2D eigenvalue weighted by Gasteiger charge is -2.19. The maximum atomic E-state index is 10.6. The molecule has 0 rings (SSSR count). The number of carboxylic acids is 2. The van der Waals surface area contributed by atoms with Gasteiger partial charge in [-0.15, -0.1) is 0 Å². The molecule has 0 radical (unpaired) electrons. The highest BCUT2D eigenvalue weighted by molar-refractivity contribution is 9.10. The van der Waals surface area contributed by atoms with Crippen molar-refractivity contribution in [2.45, 2.75) is 25.1 Å². The van der Waals surface area contributed by atoms with Crippen molar-refractivity contribution in [3.05, 3.63) is 0 Å². The minimum atomic E-state index is -1.04. The van der Waals surface area contributed by atoms with Crippen LogP contribution in [0.4, 0.5) is 0 Å². The van der Waals surface area contributed by atoms with Crippen LogP contribution in [0.2, 0.25) is 0 Å². The fourth-order valence-electron chi connectivity index (χ4n) is 0.623. The van der Waals surface area contributed by atoms with Crippen molar-refractivity contribution in [3.63, 3.8) is 0 Å². The second-order valence-electron chi connectivity index (χ2n) is 3.20. The smallest absolute Gasteiger partial charge is 0.317 e. The Hall–Kier alpha value is -0.580. The van der Waals surface area contributed by atoms with E-state index in [1.165, 1.54) is 13.8 Å². The van der Waals surface area contributed by atoms with Crippen molar-refractivity contribution in [1.29, 1.82) is 0 Å². The Labute approximate surface area is 78.7 Å². The van der Waals surface area contributed by atoms with E-state index < -0.39 is 22.2 Å². The molecule has 12 heavy (non-hydrogen) atoms. The number of hydrogen-bond acceptors (Lipinski definition) is 2. The lowest BCUT2D eigenvalue weighted by atomic mass is 9.88. The molecular weight excluding hydrogens is 228 g/mol. The van der Waals surface area contributed by atoms with Gasteiger partial charge in [-0.2, -0.15) is 0 Å². The number of hydrogen-bond donors (Lipinski definition) is 2. The Balaban J connectivity index is 4.24. The molecule has 0 aromatic rings. The van der Waals surface area contributed by atoms with Crippen LogP contribution in [0.15, 0.2) is 0 Å². The fraction of sp³-hybridized carbons (Fsp3) is 0.714. The zero-order chi connectivity index (χ0) is 9.94. The minimum absolute atomic E-state index is 0.0671. The first-order valence-corrected chi connectivity index (χ1v) is 4.29. The van der Waals surface area contributed by atoms with Gasteiger partial charge in [0.15, 0.2) is 0 Å². The average molecular weight is 239 g/mol. The molecule has 0 bridgehead atoms. The van der Waals surface area contributed by atoms with Crippen molar-refractivity contribution in [2.75, 3.05) is 0 Å². The standard InChI is InChI=1S/C7H11BrO4/c1-7(2,6(11)12)3-4(8)5(9)10/h4H,3H2,1-2H3,(H,9,10)(H,11,12). The Morgan fingerprint density at radius 3 is 2.08 bits per heavy atom. The van der Waals surface area contributed by atoms with Crippen LogP contribution in [-0.4, -0.2) is 27.0 Å². The second kappa shape index (κ2) is 3.89. The van der Waals surface area contributed by atoms with Crippen LogP contribution in [-0.2, 0) is 9.59 Å². The van der Waals surface area contributed by atoms with E-state index >= 15 is 0 Å². The Bertz CT molecular complexity index is 200. The van der Waals surface area contributed by atoms with Crippen molar-refractivity contribution in [2.24, 2.45) is 5.41 Å². The molecule has 0 aliphatic heterocycles. The highest BCUT2D eigenvalue weighted by Crippen LogP contribution is 2.25. The van der Waals surface area contributed by atoms with Crippen LogP contribution in [0.5, 0.6) is 0 Å². The van der Waals surface area contributed by atoms with Crippen LogP contribution < -0.4 is 0 Å². The molecule has 0 heterocycles. The summed E-state index contributed by atoms with van der Waals surface area (Å²) in [6.45, 7) is 2.99. The SMILES string of the molecule is CC(C)(CC(Br)C(=O)O)C(=O)O. The molecule has 1 atom stereocenters. The molecule has 0 saturated carbocycles. The number of alkyl halides is 1. The van der Waals surface area contributed by atoms with E-state index in [2.05, 4.69) is 15.9 Å². The van der Waals surface area contributed by atoms with Crippen molar-refractivity contribution in [1.82, 2.24) is 0 Å². The molecule has 4 nitrogen and oxygen atoms in total. The van der Waals surface area contributed by atoms with E-state index in [0.717, 1.165) is 0 Å². The van der Waals surface area contributed by atoms with Gasteiger partial charge in [0.05, 0.1) is 5.41 Å². The molecule has 0 amide bonds. The zero-order valence-corrected chi connectivity index (χ0v) is 8.46. The van der Waals surface area contributed by atoms with E-state index in [1.54, 1.807) is 0 Å². The summed E-state index contributed by atoms with van der Waals surface area (Å²) in [5.74, 6) is -2.03. The van der Waals surface area contributed by atoms with Gasteiger partial charge in [0.1, 0.15) is 4.83 Å². The lowest BCUT2D eigenvalue weighted by molar-refractivity contribution is -0.147. The van der Waals surface area contributed by atoms with E-state index in [9.17, 15) is 9.59 Å². The van der Waals surface area contributed by atoms with E-state index in [1.807, 2.05) is 0 Å². The summed E-state index contributed by atoms with van der Waals surface area (Å²) >= 11 is 2.88. The third-order valence-corrected chi connectivity index (χ3v) is 2.25. The summed E-state index contributed by atoms with van der Waals surface area (Å²) in [7, 11) is 0. The minimum Gasteiger partial charge on any atom is -0.481 e. The lowest BCUT2D eigenvalue weighted by Crippen LogP contribution is -2.29. The average Bonchev–Trinajstić information content (AvgIpc) is 1.85. The summed E-state index contributed by atoms with van der Waals surface area (Å²) in [4.78, 5) is 20.1. The van der Waals surface area contributed by atoms with Gasteiger partial charge < -0.3 is 10.2 Å². The fourth-order valence-corrected chi connectivity index (χ4v) is 1.43. The van der Waals surface area contributed by atoms with E-state index in [-0.39, 0.29) is 6.42 Å². The Kier molecular flexibility index (Phi) is 3.70. The van der Waals surface area contributed by atoms with Gasteiger partial charge in [-0.1, -0.05) is 15.9 Å². The van der Waals surface area contributed by atoms with Gasteiger partial charge in [0, 0.05) is 0 Å². The highest BCUT2D eigenvalue weighted by Gasteiger charge is 2.32. The summed E-state index contributed by atoms with van der Waals surface area (Å²) < 4.78 is 0. The number of rotatable bonds is 4. The number of carboxylic acid groups (broad SMARTS) is 2. The summed E-state index contributed by atoms with van der Waals surface area (Å²) in [5.41, 5.74) is -1.01. The molecule has 70 valence electrons. The van der Waals surface area contributed by atoms with Crippen LogP contribution in [0.3, 0.4) is 0 Å². The van der Waals surface area contributed by atoms with Gasteiger partial charge in [-0.05, 0) is 20.3 Å². The maximum Gasteiger partial charge on any atom is 0.317 e. The van der Waals surface area contributed by atoms with Gasteiger partial charge in [-0.3, -0.25) is 9.59 Å². The first kappa shape index (κ1) is 11.4. The monoisotopic (exact) mass is 238 g/mol. The molecule has 0 spiro atoms. The number of halogens is 1. The van der Waals surface area contributed by atoms with Crippen LogP contribution in [0, 0.1) is 5.41 Å². The Morgan fingerprint density at radius 2 is 1.83 bits per heavy atom. The second-order valence-corrected chi connectivity index (χ2v) is 4.30. The van der Waals surface area contributed by atoms with E-state index in [0.29, 0.717) is 0 Å². The topological polar surface area (TPSA) is 74.6 Å².